The number of H-pyrrole nitrogens is 1. The fraction of sp³-hybridized carbons (Fsp3) is 0.429. The van der Waals surface area contributed by atoms with Crippen LogP contribution in [0.25, 0.3) is 0 Å². The topological polar surface area (TPSA) is 15.8 Å². The molecule has 1 nitrogen and oxygen atoms in total. The molecule has 0 aliphatic rings. The summed E-state index contributed by atoms with van der Waals surface area (Å²) in [6.45, 7) is 4.29. The van der Waals surface area contributed by atoms with Gasteiger partial charge in [0.05, 0.1) is 0 Å². The molecule has 56 valence electrons. The van der Waals surface area contributed by atoms with Gasteiger partial charge in [-0.15, -0.1) is 11.7 Å². The minimum Gasteiger partial charge on any atom is -0.367 e. The maximum atomic E-state index is 4.19. The van der Waals surface area contributed by atoms with Gasteiger partial charge in [0.2, 0.25) is 0 Å². The third-order valence-corrected chi connectivity index (χ3v) is 3.58. The van der Waals surface area contributed by atoms with Crippen LogP contribution in [0.3, 0.4) is 0 Å². The summed E-state index contributed by atoms with van der Waals surface area (Å²) in [6.07, 6.45) is 3.93. The molecule has 0 radical (unpaired) electrons. The molecule has 0 saturated carbocycles. The fourth-order valence-corrected chi connectivity index (χ4v) is 1.30. The summed E-state index contributed by atoms with van der Waals surface area (Å²) in [6, 6.07) is 2.07. The molecular weight excluding hydrogens is 162 g/mol. The van der Waals surface area contributed by atoms with Crippen LogP contribution in [0.2, 0.25) is 0 Å². The van der Waals surface area contributed by atoms with Crippen LogP contribution >= 0.6 is 22.5 Å². The van der Waals surface area contributed by atoms with Crippen LogP contribution < -0.4 is 0 Å². The van der Waals surface area contributed by atoms with Gasteiger partial charge in [0.25, 0.3) is 0 Å². The number of hydrogen-bond acceptors (Lipinski definition) is 2. The average Bonchev–Trinajstić information content (AvgIpc) is 2.38. The number of hydrogen-bond donors (Lipinski definition) is 2. The van der Waals surface area contributed by atoms with Gasteiger partial charge in [0.15, 0.2) is 0 Å². The summed E-state index contributed by atoms with van der Waals surface area (Å²) in [5.74, 6) is 0. The second-order valence-electron chi connectivity index (χ2n) is 2.70. The van der Waals surface area contributed by atoms with E-state index in [1.54, 1.807) is 10.8 Å². The van der Waals surface area contributed by atoms with Crippen LogP contribution in [0.5, 0.6) is 0 Å². The van der Waals surface area contributed by atoms with Crippen molar-refractivity contribution < 1.29 is 0 Å². The Morgan fingerprint density at radius 3 is 2.70 bits per heavy atom. The molecule has 0 bridgehead atoms. The smallest absolute Gasteiger partial charge is 0.0468 e. The Kier molecular flexibility index (Phi) is 2.36. The molecule has 0 fully saturated rings. The molecular formula is C7H11NS2. The van der Waals surface area contributed by atoms with Crippen molar-refractivity contribution in [1.82, 2.24) is 4.98 Å². The van der Waals surface area contributed by atoms with Gasteiger partial charge in [-0.05, 0) is 25.5 Å². The molecule has 0 aromatic carbocycles. The van der Waals surface area contributed by atoms with Crippen molar-refractivity contribution in [2.24, 2.45) is 0 Å². The molecule has 1 aromatic heterocycles. The second kappa shape index (κ2) is 2.93. The molecule has 3 heteroatoms. The molecule has 1 N–H and O–H groups in total. The summed E-state index contributed by atoms with van der Waals surface area (Å²) < 4.78 is 0.114. The number of rotatable bonds is 2. The van der Waals surface area contributed by atoms with Crippen molar-refractivity contribution in [2.45, 2.75) is 18.6 Å². The van der Waals surface area contributed by atoms with E-state index in [1.165, 1.54) is 5.56 Å². The summed E-state index contributed by atoms with van der Waals surface area (Å²) in [5.41, 5.74) is 1.28. The normalized spacial score (nSPS) is 11.9. The lowest BCUT2D eigenvalue weighted by molar-refractivity contribution is 0.791. The van der Waals surface area contributed by atoms with Crippen LogP contribution in [-0.4, -0.2) is 4.98 Å². The quantitative estimate of drug-likeness (QED) is 0.519. The SMILES string of the molecule is CC(C)(SS)c1cc[nH]c1. The van der Waals surface area contributed by atoms with Crippen molar-refractivity contribution in [3.63, 3.8) is 0 Å². The van der Waals surface area contributed by atoms with Gasteiger partial charge in [-0.1, -0.05) is 10.8 Å². The third kappa shape index (κ3) is 1.52. The van der Waals surface area contributed by atoms with E-state index >= 15 is 0 Å². The van der Waals surface area contributed by atoms with Crippen LogP contribution in [-0.2, 0) is 4.75 Å². The number of thiol groups is 1. The minimum atomic E-state index is 0.114. The van der Waals surface area contributed by atoms with E-state index in [4.69, 9.17) is 0 Å². The Hall–Kier alpha value is -0.0200. The van der Waals surface area contributed by atoms with Crippen LogP contribution in [0, 0.1) is 0 Å². The molecule has 0 aliphatic carbocycles. The Balaban J connectivity index is 2.85. The summed E-state index contributed by atoms with van der Waals surface area (Å²) >= 11 is 4.19. The molecule has 0 unspecified atom stereocenters. The highest BCUT2D eigenvalue weighted by Crippen LogP contribution is 2.37. The average molecular weight is 173 g/mol. The van der Waals surface area contributed by atoms with Crippen molar-refractivity contribution >= 4 is 22.5 Å². The maximum Gasteiger partial charge on any atom is 0.0468 e. The van der Waals surface area contributed by atoms with Gasteiger partial charge in [-0.2, -0.15) is 0 Å². The Labute approximate surface area is 70.4 Å². The van der Waals surface area contributed by atoms with Gasteiger partial charge in [0.1, 0.15) is 0 Å². The molecule has 0 saturated heterocycles. The third-order valence-electron chi connectivity index (χ3n) is 1.52. The second-order valence-corrected chi connectivity index (χ2v) is 4.45. The highest BCUT2D eigenvalue weighted by Gasteiger charge is 2.19. The van der Waals surface area contributed by atoms with Crippen LogP contribution in [0.4, 0.5) is 0 Å². The van der Waals surface area contributed by atoms with Gasteiger partial charge < -0.3 is 4.98 Å². The lowest BCUT2D eigenvalue weighted by Gasteiger charge is -2.18. The fourth-order valence-electron chi connectivity index (χ4n) is 0.751. The first kappa shape index (κ1) is 8.08. The predicted molar refractivity (Wildman–Crippen MR) is 50.4 cm³/mol. The molecule has 1 heterocycles. The Morgan fingerprint density at radius 1 is 1.60 bits per heavy atom. The zero-order valence-corrected chi connectivity index (χ0v) is 7.80. The molecule has 0 spiro atoms. The van der Waals surface area contributed by atoms with Crippen LogP contribution in [0.1, 0.15) is 19.4 Å². The zero-order chi connectivity index (χ0) is 7.61. The van der Waals surface area contributed by atoms with Crippen molar-refractivity contribution in [3.8, 4) is 0 Å². The monoisotopic (exact) mass is 173 g/mol. The van der Waals surface area contributed by atoms with E-state index in [-0.39, 0.29) is 4.75 Å². The van der Waals surface area contributed by atoms with E-state index in [0.29, 0.717) is 0 Å². The van der Waals surface area contributed by atoms with Gasteiger partial charge in [0, 0.05) is 17.1 Å². The first-order valence-electron chi connectivity index (χ1n) is 3.12. The van der Waals surface area contributed by atoms with Crippen LogP contribution in [0.15, 0.2) is 18.5 Å². The first-order valence-corrected chi connectivity index (χ1v) is 4.99. The minimum absolute atomic E-state index is 0.114. The van der Waals surface area contributed by atoms with E-state index in [0.717, 1.165) is 0 Å². The molecule has 0 aliphatic heterocycles. The molecule has 10 heavy (non-hydrogen) atoms. The highest BCUT2D eigenvalue weighted by atomic mass is 33.1. The Morgan fingerprint density at radius 2 is 2.30 bits per heavy atom. The highest BCUT2D eigenvalue weighted by molar-refractivity contribution is 8.68. The lowest BCUT2D eigenvalue weighted by atomic mass is 10.1. The van der Waals surface area contributed by atoms with E-state index < -0.39 is 0 Å². The Bertz CT molecular complexity index is 191. The first-order chi connectivity index (χ1) is 4.67. The standard InChI is InChI=1S/C7H11NS2/c1-7(2,10-9)6-3-4-8-5-6/h3-5,8-9H,1-2H3. The zero-order valence-electron chi connectivity index (χ0n) is 6.09. The van der Waals surface area contributed by atoms with E-state index in [2.05, 4.69) is 36.6 Å². The predicted octanol–water partition coefficient (Wildman–Crippen LogP) is 2.83. The molecule has 1 aromatic rings. The van der Waals surface area contributed by atoms with E-state index in [1.807, 2.05) is 12.4 Å². The number of aromatic amines is 1. The maximum absolute atomic E-state index is 4.19. The summed E-state index contributed by atoms with van der Waals surface area (Å²) in [7, 11) is 1.56. The largest absolute Gasteiger partial charge is 0.367 e. The molecule has 1 rings (SSSR count). The van der Waals surface area contributed by atoms with E-state index in [9.17, 15) is 0 Å². The summed E-state index contributed by atoms with van der Waals surface area (Å²) in [4.78, 5) is 3.02. The lowest BCUT2D eigenvalue weighted by Crippen LogP contribution is -2.07. The van der Waals surface area contributed by atoms with Gasteiger partial charge in [-0.3, -0.25) is 0 Å². The van der Waals surface area contributed by atoms with Gasteiger partial charge in [-0.25, -0.2) is 0 Å². The molecule has 0 atom stereocenters. The molecule has 0 amide bonds. The number of nitrogens with one attached hydrogen (secondary N) is 1. The van der Waals surface area contributed by atoms with Crippen molar-refractivity contribution in [1.29, 1.82) is 0 Å². The van der Waals surface area contributed by atoms with Gasteiger partial charge >= 0.3 is 0 Å². The summed E-state index contributed by atoms with van der Waals surface area (Å²) in [5, 5.41) is 0. The van der Waals surface area contributed by atoms with Crippen molar-refractivity contribution in [3.05, 3.63) is 24.0 Å². The number of aromatic nitrogens is 1. The van der Waals surface area contributed by atoms with Crippen molar-refractivity contribution in [2.75, 3.05) is 0 Å².